The molecule has 0 radical (unpaired) electrons. The van der Waals surface area contributed by atoms with Crippen LogP contribution in [0.5, 0.6) is 0 Å². The molecule has 0 aliphatic carbocycles. The van der Waals surface area contributed by atoms with Crippen LogP contribution in [-0.4, -0.2) is 37.1 Å². The summed E-state index contributed by atoms with van der Waals surface area (Å²) in [6.07, 6.45) is 1.10. The molecule has 1 amide bonds. The Bertz CT molecular complexity index is 799. The van der Waals surface area contributed by atoms with Crippen LogP contribution in [0.3, 0.4) is 0 Å². The average molecular weight is 352 g/mol. The fourth-order valence-electron chi connectivity index (χ4n) is 3.50. The summed E-state index contributed by atoms with van der Waals surface area (Å²) in [5.41, 5.74) is 6.48. The summed E-state index contributed by atoms with van der Waals surface area (Å²) in [6.45, 7) is 8.22. The molecule has 26 heavy (non-hydrogen) atoms. The second-order valence-electron chi connectivity index (χ2n) is 7.16. The lowest BCUT2D eigenvalue weighted by Crippen LogP contribution is -2.26. The van der Waals surface area contributed by atoms with Gasteiger partial charge in [-0.2, -0.15) is 0 Å². The lowest BCUT2D eigenvalue weighted by molar-refractivity contribution is 0.0629. The molecular weight excluding hydrogens is 324 g/mol. The molecule has 0 saturated heterocycles. The zero-order chi connectivity index (χ0) is 18.7. The van der Waals surface area contributed by atoms with Gasteiger partial charge in [0.05, 0.1) is 6.10 Å². The molecule has 1 N–H and O–H groups in total. The molecule has 1 aliphatic rings. The highest BCUT2D eigenvalue weighted by molar-refractivity contribution is 6.00. The molecule has 0 atom stereocenters. The molecule has 0 bridgehead atoms. The summed E-state index contributed by atoms with van der Waals surface area (Å²) in [4.78, 5) is 14.7. The molecule has 2 aromatic rings. The Hall–Kier alpha value is -2.33. The van der Waals surface area contributed by atoms with Crippen molar-refractivity contribution in [2.24, 2.45) is 0 Å². The lowest BCUT2D eigenvalue weighted by atomic mass is 9.96. The average Bonchev–Trinajstić information content (AvgIpc) is 2.95. The van der Waals surface area contributed by atoms with E-state index >= 15 is 0 Å². The third kappa shape index (κ3) is 3.91. The van der Waals surface area contributed by atoms with E-state index in [0.717, 1.165) is 40.9 Å². The number of fused-ring (bicyclic) bond motifs is 1. The highest BCUT2D eigenvalue weighted by Gasteiger charge is 2.29. The van der Waals surface area contributed by atoms with E-state index in [0.29, 0.717) is 13.2 Å². The van der Waals surface area contributed by atoms with Gasteiger partial charge in [0, 0.05) is 38.0 Å². The maximum atomic E-state index is 12.8. The van der Waals surface area contributed by atoms with Crippen LogP contribution in [0.15, 0.2) is 36.4 Å². The van der Waals surface area contributed by atoms with Gasteiger partial charge in [0.2, 0.25) is 0 Å². The Morgan fingerprint density at radius 3 is 2.73 bits per heavy atom. The highest BCUT2D eigenvalue weighted by atomic mass is 16.5. The summed E-state index contributed by atoms with van der Waals surface area (Å²) in [6, 6.07) is 12.6. The number of nitrogens with one attached hydrogen (secondary N) is 1. The maximum Gasteiger partial charge on any atom is 0.254 e. The van der Waals surface area contributed by atoms with Crippen molar-refractivity contribution in [3.05, 3.63) is 53.1 Å². The van der Waals surface area contributed by atoms with Gasteiger partial charge in [-0.3, -0.25) is 4.79 Å². The minimum absolute atomic E-state index is 0.151. The van der Waals surface area contributed by atoms with Gasteiger partial charge in [-0.25, -0.2) is 0 Å². The zero-order valence-corrected chi connectivity index (χ0v) is 16.1. The molecule has 4 heteroatoms. The summed E-state index contributed by atoms with van der Waals surface area (Å²) in [7, 11) is 1.92. The molecule has 0 unspecified atom stereocenters. The number of carbonyl (C=O) groups is 1. The lowest BCUT2D eigenvalue weighted by Gasteiger charge is -2.16. The van der Waals surface area contributed by atoms with Crippen LogP contribution >= 0.6 is 0 Å². The quantitative estimate of drug-likeness (QED) is 0.747. The Morgan fingerprint density at radius 1 is 1.19 bits per heavy atom. The summed E-state index contributed by atoms with van der Waals surface area (Å²) in [5, 5.41) is 3.18. The van der Waals surface area contributed by atoms with Gasteiger partial charge < -0.3 is 15.0 Å². The fourth-order valence-corrected chi connectivity index (χ4v) is 3.50. The molecule has 4 nitrogen and oxygen atoms in total. The van der Waals surface area contributed by atoms with Crippen molar-refractivity contribution in [2.75, 3.05) is 25.5 Å². The van der Waals surface area contributed by atoms with E-state index in [2.05, 4.69) is 35.6 Å². The molecule has 0 aromatic heterocycles. The van der Waals surface area contributed by atoms with Crippen LogP contribution in [0.25, 0.3) is 11.1 Å². The number of nitrogens with zero attached hydrogens (tertiary/aromatic N) is 1. The topological polar surface area (TPSA) is 41.6 Å². The van der Waals surface area contributed by atoms with Crippen molar-refractivity contribution in [1.82, 2.24) is 4.90 Å². The number of aryl methyl sites for hydroxylation is 1. The molecule has 0 spiro atoms. The number of ether oxygens (including phenoxy) is 1. The third-order valence-corrected chi connectivity index (χ3v) is 4.79. The number of hydrogen-bond donors (Lipinski definition) is 1. The van der Waals surface area contributed by atoms with Gasteiger partial charge in [-0.1, -0.05) is 18.2 Å². The first kappa shape index (κ1) is 18.5. The first-order chi connectivity index (χ1) is 12.5. The second kappa shape index (κ2) is 7.92. The standard InChI is InChI=1S/C22H28N2O2/c1-15(2)26-10-6-9-24-14-19-12-18(11-16(3)21(19)22(24)25)17-7-5-8-20(13-17)23-4/h5,7-8,11-13,15,23H,6,9-10,14H2,1-4H3. The molecular formula is C22H28N2O2. The number of hydrogen-bond acceptors (Lipinski definition) is 3. The van der Waals surface area contributed by atoms with Crippen molar-refractivity contribution in [3.8, 4) is 11.1 Å². The van der Waals surface area contributed by atoms with Gasteiger partial charge in [-0.05, 0) is 67.6 Å². The Labute approximate surface area is 156 Å². The molecule has 2 aromatic carbocycles. The van der Waals surface area contributed by atoms with Crippen molar-refractivity contribution >= 4 is 11.6 Å². The second-order valence-corrected chi connectivity index (χ2v) is 7.16. The Morgan fingerprint density at radius 2 is 2.00 bits per heavy atom. The number of amides is 1. The fraction of sp³-hybridized carbons (Fsp3) is 0.409. The van der Waals surface area contributed by atoms with E-state index in [1.807, 2.05) is 38.8 Å². The molecule has 1 heterocycles. The smallest absolute Gasteiger partial charge is 0.254 e. The molecule has 0 saturated carbocycles. The van der Waals surface area contributed by atoms with E-state index in [9.17, 15) is 4.79 Å². The third-order valence-electron chi connectivity index (χ3n) is 4.79. The minimum atomic E-state index is 0.151. The van der Waals surface area contributed by atoms with Gasteiger partial charge in [-0.15, -0.1) is 0 Å². The van der Waals surface area contributed by atoms with Crippen molar-refractivity contribution in [1.29, 1.82) is 0 Å². The molecule has 3 rings (SSSR count). The van der Waals surface area contributed by atoms with Crippen LogP contribution in [0.2, 0.25) is 0 Å². The van der Waals surface area contributed by atoms with Crippen molar-refractivity contribution in [3.63, 3.8) is 0 Å². The largest absolute Gasteiger partial charge is 0.388 e. The monoisotopic (exact) mass is 352 g/mol. The number of anilines is 1. The summed E-state index contributed by atoms with van der Waals surface area (Å²) >= 11 is 0. The van der Waals surface area contributed by atoms with E-state index in [1.165, 1.54) is 5.56 Å². The van der Waals surface area contributed by atoms with Crippen LogP contribution in [-0.2, 0) is 11.3 Å². The Balaban J connectivity index is 1.78. The van der Waals surface area contributed by atoms with Crippen molar-refractivity contribution in [2.45, 2.75) is 39.8 Å². The van der Waals surface area contributed by atoms with Gasteiger partial charge in [0.15, 0.2) is 0 Å². The van der Waals surface area contributed by atoms with Crippen LogP contribution in [0.4, 0.5) is 5.69 Å². The van der Waals surface area contributed by atoms with Crippen LogP contribution < -0.4 is 5.32 Å². The van der Waals surface area contributed by atoms with Gasteiger partial charge >= 0.3 is 0 Å². The molecule has 1 aliphatic heterocycles. The summed E-state index contributed by atoms with van der Waals surface area (Å²) in [5.74, 6) is 0.151. The van der Waals surface area contributed by atoms with E-state index < -0.39 is 0 Å². The molecule has 138 valence electrons. The normalized spacial score (nSPS) is 13.4. The number of rotatable bonds is 7. The van der Waals surface area contributed by atoms with Gasteiger partial charge in [0.25, 0.3) is 5.91 Å². The zero-order valence-electron chi connectivity index (χ0n) is 16.1. The predicted octanol–water partition coefficient (Wildman–Crippen LogP) is 4.47. The SMILES string of the molecule is CNc1cccc(-c2cc(C)c3c(c2)CN(CCCOC(C)C)C3=O)c1. The van der Waals surface area contributed by atoms with Crippen LogP contribution in [0, 0.1) is 6.92 Å². The van der Waals surface area contributed by atoms with E-state index in [-0.39, 0.29) is 12.0 Å². The number of benzene rings is 2. The maximum absolute atomic E-state index is 12.8. The minimum Gasteiger partial charge on any atom is -0.388 e. The van der Waals surface area contributed by atoms with E-state index in [4.69, 9.17) is 4.74 Å². The van der Waals surface area contributed by atoms with Gasteiger partial charge in [0.1, 0.15) is 0 Å². The van der Waals surface area contributed by atoms with Crippen molar-refractivity contribution < 1.29 is 9.53 Å². The van der Waals surface area contributed by atoms with E-state index in [1.54, 1.807) is 0 Å². The van der Waals surface area contributed by atoms with Crippen LogP contribution in [0.1, 0.15) is 41.8 Å². The Kier molecular flexibility index (Phi) is 5.62. The molecule has 0 fully saturated rings. The first-order valence-electron chi connectivity index (χ1n) is 9.32. The number of carbonyl (C=O) groups excluding carboxylic acids is 1. The summed E-state index contributed by atoms with van der Waals surface area (Å²) < 4.78 is 5.59. The predicted molar refractivity (Wildman–Crippen MR) is 107 cm³/mol. The first-order valence-corrected chi connectivity index (χ1v) is 9.32. The highest BCUT2D eigenvalue weighted by Crippen LogP contribution is 2.32.